The highest BCUT2D eigenvalue weighted by Crippen LogP contribution is 2.18. The van der Waals surface area contributed by atoms with Crippen molar-refractivity contribution in [1.29, 1.82) is 0 Å². The molecule has 16 heavy (non-hydrogen) atoms. The number of carbonyl (C=O) groups excluding carboxylic acids is 1. The van der Waals surface area contributed by atoms with Crippen LogP contribution in [0, 0.1) is 0 Å². The smallest absolute Gasteiger partial charge is 0.251 e. The number of hydrogen-bond acceptors (Lipinski definition) is 2. The van der Waals surface area contributed by atoms with Crippen molar-refractivity contribution in [3.8, 4) is 0 Å². The molecule has 0 saturated carbocycles. The van der Waals surface area contributed by atoms with E-state index in [1.165, 1.54) is 0 Å². The Bertz CT molecular complexity index is 213. The average Bonchev–Trinajstić information content (AvgIpc) is 2.82. The molecule has 1 aliphatic rings. The summed E-state index contributed by atoms with van der Waals surface area (Å²) in [7, 11) is 0. The monoisotopic (exact) mass is 291 g/mol. The van der Waals surface area contributed by atoms with Crippen LogP contribution in [-0.2, 0) is 9.53 Å². The minimum Gasteiger partial charge on any atom is -0.368 e. The summed E-state index contributed by atoms with van der Waals surface area (Å²) >= 11 is 3.42. The van der Waals surface area contributed by atoms with Gasteiger partial charge in [-0.05, 0) is 25.7 Å². The molecule has 1 heterocycles. The quantitative estimate of drug-likeness (QED) is 0.704. The van der Waals surface area contributed by atoms with Crippen molar-refractivity contribution in [1.82, 2.24) is 4.90 Å². The van der Waals surface area contributed by atoms with Gasteiger partial charge in [-0.2, -0.15) is 0 Å². The Balaban J connectivity index is 2.63. The molecule has 1 rings (SSSR count). The molecule has 0 spiro atoms. The lowest BCUT2D eigenvalue weighted by atomic mass is 10.1. The van der Waals surface area contributed by atoms with E-state index in [0.717, 1.165) is 44.2 Å². The van der Waals surface area contributed by atoms with E-state index in [0.29, 0.717) is 6.04 Å². The Morgan fingerprint density at radius 1 is 1.50 bits per heavy atom. The minimum absolute atomic E-state index is 0.181. The average molecular weight is 292 g/mol. The molecule has 94 valence electrons. The number of carbonyl (C=O) groups is 1. The highest BCUT2D eigenvalue weighted by atomic mass is 79.9. The molecule has 0 radical (unpaired) electrons. The summed E-state index contributed by atoms with van der Waals surface area (Å²) in [4.78, 5) is 14.3. The van der Waals surface area contributed by atoms with Crippen LogP contribution in [0.4, 0.5) is 0 Å². The van der Waals surface area contributed by atoms with Crippen molar-refractivity contribution in [2.75, 3.05) is 18.5 Å². The third-order valence-electron chi connectivity index (χ3n) is 3.20. The van der Waals surface area contributed by atoms with Gasteiger partial charge in [-0.15, -0.1) is 0 Å². The van der Waals surface area contributed by atoms with Crippen molar-refractivity contribution in [3.05, 3.63) is 0 Å². The fraction of sp³-hybridized carbons (Fsp3) is 0.917. The molecule has 1 atom stereocenters. The largest absolute Gasteiger partial charge is 0.368 e. The number of alkyl halides is 1. The second-order valence-corrected chi connectivity index (χ2v) is 4.99. The van der Waals surface area contributed by atoms with Crippen LogP contribution in [0.1, 0.15) is 39.5 Å². The molecule has 1 aliphatic heterocycles. The Morgan fingerprint density at radius 3 is 2.62 bits per heavy atom. The normalized spacial score (nSPS) is 20.4. The van der Waals surface area contributed by atoms with E-state index in [1.807, 2.05) is 4.90 Å². The predicted molar refractivity (Wildman–Crippen MR) is 68.9 cm³/mol. The summed E-state index contributed by atoms with van der Waals surface area (Å²) in [6, 6.07) is 0.356. The predicted octanol–water partition coefficient (Wildman–Crippen LogP) is 2.58. The van der Waals surface area contributed by atoms with Crippen LogP contribution in [0.15, 0.2) is 0 Å². The molecule has 0 aliphatic carbocycles. The fourth-order valence-electron chi connectivity index (χ4n) is 2.25. The van der Waals surface area contributed by atoms with Crippen LogP contribution in [0.25, 0.3) is 0 Å². The van der Waals surface area contributed by atoms with E-state index >= 15 is 0 Å². The van der Waals surface area contributed by atoms with Gasteiger partial charge in [0.15, 0.2) is 0 Å². The second kappa shape index (κ2) is 7.28. The van der Waals surface area contributed by atoms with Gasteiger partial charge in [-0.3, -0.25) is 4.79 Å². The SMILES string of the molecule is CCC(CC)N(CCBr)C(=O)C1CCCO1. The maximum atomic E-state index is 12.3. The van der Waals surface area contributed by atoms with E-state index in [-0.39, 0.29) is 12.0 Å². The summed E-state index contributed by atoms with van der Waals surface area (Å²) in [5.74, 6) is 0.186. The van der Waals surface area contributed by atoms with Gasteiger partial charge < -0.3 is 9.64 Å². The molecule has 0 aromatic heterocycles. The third kappa shape index (κ3) is 3.45. The summed E-state index contributed by atoms with van der Waals surface area (Å²) in [5.41, 5.74) is 0. The minimum atomic E-state index is -0.181. The van der Waals surface area contributed by atoms with Crippen molar-refractivity contribution >= 4 is 21.8 Å². The molecular weight excluding hydrogens is 270 g/mol. The maximum Gasteiger partial charge on any atom is 0.251 e. The van der Waals surface area contributed by atoms with Crippen molar-refractivity contribution in [3.63, 3.8) is 0 Å². The molecule has 4 heteroatoms. The molecular formula is C12H22BrNO2. The lowest BCUT2D eigenvalue weighted by molar-refractivity contribution is -0.143. The first-order valence-corrected chi connectivity index (χ1v) is 7.34. The molecule has 1 fully saturated rings. The number of halogens is 1. The first-order valence-electron chi connectivity index (χ1n) is 6.22. The summed E-state index contributed by atoms with van der Waals surface area (Å²) < 4.78 is 5.47. The Morgan fingerprint density at radius 2 is 2.19 bits per heavy atom. The van der Waals surface area contributed by atoms with Crippen LogP contribution in [0.5, 0.6) is 0 Å². The van der Waals surface area contributed by atoms with Crippen molar-refractivity contribution < 1.29 is 9.53 Å². The van der Waals surface area contributed by atoms with E-state index < -0.39 is 0 Å². The van der Waals surface area contributed by atoms with E-state index in [2.05, 4.69) is 29.8 Å². The molecule has 1 saturated heterocycles. The van der Waals surface area contributed by atoms with Crippen molar-refractivity contribution in [2.45, 2.75) is 51.7 Å². The van der Waals surface area contributed by atoms with Crippen LogP contribution < -0.4 is 0 Å². The van der Waals surface area contributed by atoms with E-state index in [9.17, 15) is 4.79 Å². The summed E-state index contributed by atoms with van der Waals surface area (Å²) in [6.45, 7) is 5.79. The van der Waals surface area contributed by atoms with Crippen molar-refractivity contribution in [2.24, 2.45) is 0 Å². The highest BCUT2D eigenvalue weighted by Gasteiger charge is 2.30. The van der Waals surface area contributed by atoms with Gasteiger partial charge >= 0.3 is 0 Å². The van der Waals surface area contributed by atoms with Gasteiger partial charge in [0, 0.05) is 24.5 Å². The Kier molecular flexibility index (Phi) is 6.36. The molecule has 0 bridgehead atoms. The summed E-state index contributed by atoms with van der Waals surface area (Å²) in [5, 5.41) is 0.835. The fourth-order valence-corrected chi connectivity index (χ4v) is 2.63. The topological polar surface area (TPSA) is 29.5 Å². The van der Waals surface area contributed by atoms with E-state index in [4.69, 9.17) is 4.74 Å². The number of nitrogens with zero attached hydrogens (tertiary/aromatic N) is 1. The Labute approximate surface area is 107 Å². The molecule has 1 unspecified atom stereocenters. The zero-order valence-electron chi connectivity index (χ0n) is 10.2. The van der Waals surface area contributed by atoms with Gasteiger partial charge in [0.1, 0.15) is 6.10 Å². The van der Waals surface area contributed by atoms with Gasteiger partial charge in [0.05, 0.1) is 0 Å². The summed E-state index contributed by atoms with van der Waals surface area (Å²) in [6.07, 6.45) is 3.75. The number of amides is 1. The van der Waals surface area contributed by atoms with Crippen LogP contribution in [0.3, 0.4) is 0 Å². The molecule has 0 aromatic carbocycles. The molecule has 3 nitrogen and oxygen atoms in total. The van der Waals surface area contributed by atoms with Gasteiger partial charge in [0.2, 0.25) is 0 Å². The standard InChI is InChI=1S/C12H22BrNO2/c1-3-10(4-2)14(8-7-13)12(15)11-6-5-9-16-11/h10-11H,3-9H2,1-2H3. The van der Waals surface area contributed by atoms with Gasteiger partial charge in [-0.1, -0.05) is 29.8 Å². The molecule has 0 aromatic rings. The highest BCUT2D eigenvalue weighted by molar-refractivity contribution is 9.09. The van der Waals surface area contributed by atoms with E-state index in [1.54, 1.807) is 0 Å². The molecule has 1 amide bonds. The third-order valence-corrected chi connectivity index (χ3v) is 3.55. The Hall–Kier alpha value is -0.0900. The number of rotatable bonds is 6. The number of hydrogen-bond donors (Lipinski definition) is 0. The first kappa shape index (κ1) is 14.0. The zero-order chi connectivity index (χ0) is 12.0. The number of ether oxygens (including phenoxy) is 1. The van der Waals surface area contributed by atoms with Crippen LogP contribution in [0.2, 0.25) is 0 Å². The lowest BCUT2D eigenvalue weighted by Crippen LogP contribution is -2.46. The second-order valence-electron chi connectivity index (χ2n) is 4.19. The lowest BCUT2D eigenvalue weighted by Gasteiger charge is -2.31. The first-order chi connectivity index (χ1) is 7.74. The van der Waals surface area contributed by atoms with Crippen LogP contribution in [-0.4, -0.2) is 41.4 Å². The zero-order valence-corrected chi connectivity index (χ0v) is 11.8. The molecule has 0 N–H and O–H groups in total. The van der Waals surface area contributed by atoms with Gasteiger partial charge in [0.25, 0.3) is 5.91 Å². The van der Waals surface area contributed by atoms with Crippen LogP contribution >= 0.6 is 15.9 Å². The van der Waals surface area contributed by atoms with Gasteiger partial charge in [-0.25, -0.2) is 0 Å². The maximum absolute atomic E-state index is 12.3.